The van der Waals surface area contributed by atoms with Gasteiger partial charge in [0.1, 0.15) is 0 Å². The SMILES string of the molecule is CCNC(=O)N1CCCC(CS(=O)(=O)NNC(=O)c2cc(-c3cn(C)cn3)cc(Cl)c2F)C1. The molecule has 1 aliphatic rings. The van der Waals surface area contributed by atoms with E-state index >= 15 is 0 Å². The summed E-state index contributed by atoms with van der Waals surface area (Å²) >= 11 is 5.93. The summed E-state index contributed by atoms with van der Waals surface area (Å²) in [7, 11) is -2.18. The maximum Gasteiger partial charge on any atom is 0.317 e. The molecule has 0 aliphatic carbocycles. The summed E-state index contributed by atoms with van der Waals surface area (Å²) in [4.78, 5) is 32.3. The lowest BCUT2D eigenvalue weighted by molar-refractivity contribution is 0.0941. The summed E-state index contributed by atoms with van der Waals surface area (Å²) in [6.07, 6.45) is 4.51. The Kier molecular flexibility index (Phi) is 7.92. The molecule has 1 saturated heterocycles. The molecule has 1 unspecified atom stereocenters. The highest BCUT2D eigenvalue weighted by Gasteiger charge is 2.28. The van der Waals surface area contributed by atoms with Gasteiger partial charge in [-0.25, -0.2) is 22.6 Å². The van der Waals surface area contributed by atoms with Gasteiger partial charge in [0.2, 0.25) is 10.0 Å². The second kappa shape index (κ2) is 10.5. The van der Waals surface area contributed by atoms with Crippen LogP contribution in [0.2, 0.25) is 5.02 Å². The molecule has 1 aromatic carbocycles. The third-order valence-electron chi connectivity index (χ3n) is 5.18. The topological polar surface area (TPSA) is 125 Å². The number of halogens is 2. The summed E-state index contributed by atoms with van der Waals surface area (Å²) in [5.41, 5.74) is 2.50. The Morgan fingerprint density at radius 3 is 2.76 bits per heavy atom. The Morgan fingerprint density at radius 2 is 2.09 bits per heavy atom. The number of rotatable bonds is 7. The number of aryl methyl sites for hydroxylation is 1. The summed E-state index contributed by atoms with van der Waals surface area (Å²) < 4.78 is 41.2. The Morgan fingerprint density at radius 1 is 1.33 bits per heavy atom. The molecule has 1 fully saturated rings. The molecule has 1 atom stereocenters. The van der Waals surface area contributed by atoms with Crippen molar-refractivity contribution >= 4 is 33.6 Å². The van der Waals surface area contributed by atoms with Crippen molar-refractivity contribution in [3.05, 3.63) is 41.1 Å². The molecule has 0 saturated carbocycles. The predicted octanol–water partition coefficient (Wildman–Crippen LogP) is 1.89. The average molecular weight is 501 g/mol. The van der Waals surface area contributed by atoms with E-state index < -0.39 is 27.3 Å². The van der Waals surface area contributed by atoms with E-state index in [0.717, 1.165) is 0 Å². The summed E-state index contributed by atoms with van der Waals surface area (Å²) in [5.74, 6) is -2.56. The van der Waals surface area contributed by atoms with Crippen molar-refractivity contribution in [3.63, 3.8) is 0 Å². The molecule has 180 valence electrons. The van der Waals surface area contributed by atoms with Crippen LogP contribution in [0.1, 0.15) is 30.1 Å². The molecule has 3 rings (SSSR count). The highest BCUT2D eigenvalue weighted by atomic mass is 35.5. The summed E-state index contributed by atoms with van der Waals surface area (Å²) in [6.45, 7) is 3.13. The Hall–Kier alpha value is -2.70. The van der Waals surface area contributed by atoms with Gasteiger partial charge in [-0.15, -0.1) is 4.83 Å². The van der Waals surface area contributed by atoms with Gasteiger partial charge in [0.05, 0.1) is 28.4 Å². The molecule has 1 aliphatic heterocycles. The minimum Gasteiger partial charge on any atom is -0.340 e. The van der Waals surface area contributed by atoms with Crippen LogP contribution in [0.15, 0.2) is 24.7 Å². The molecule has 2 heterocycles. The molecular weight excluding hydrogens is 475 g/mol. The van der Waals surface area contributed by atoms with Crippen molar-refractivity contribution in [2.24, 2.45) is 13.0 Å². The van der Waals surface area contributed by atoms with Crippen LogP contribution in [-0.2, 0) is 17.1 Å². The lowest BCUT2D eigenvalue weighted by Gasteiger charge is -2.32. The van der Waals surface area contributed by atoms with Crippen molar-refractivity contribution in [2.75, 3.05) is 25.4 Å². The number of piperidine rings is 1. The van der Waals surface area contributed by atoms with Crippen LogP contribution in [0, 0.1) is 11.7 Å². The Labute approximate surface area is 196 Å². The zero-order valence-corrected chi connectivity index (χ0v) is 19.8. The summed E-state index contributed by atoms with van der Waals surface area (Å²) in [5, 5.41) is 2.40. The van der Waals surface area contributed by atoms with Gasteiger partial charge >= 0.3 is 6.03 Å². The minimum absolute atomic E-state index is 0.235. The standard InChI is InChI=1S/C20H26ClFN6O4S/c1-3-23-20(30)28-6-4-5-13(9-28)11-33(31,32)26-25-19(29)15-7-14(8-16(21)18(15)22)17-10-27(2)12-24-17/h7-8,10,12-13,26H,3-6,9,11H2,1-2H3,(H,23,30)(H,25,29). The molecule has 2 aromatic rings. The van der Waals surface area contributed by atoms with Crippen LogP contribution in [0.3, 0.4) is 0 Å². The zero-order chi connectivity index (χ0) is 24.2. The second-order valence-corrected chi connectivity index (χ2v) is 10.0. The molecule has 3 amide bonds. The quantitative estimate of drug-likeness (QED) is 0.500. The van der Waals surface area contributed by atoms with Crippen molar-refractivity contribution in [1.29, 1.82) is 0 Å². The number of sulfonamides is 1. The first-order valence-corrected chi connectivity index (χ1v) is 12.4. The van der Waals surface area contributed by atoms with E-state index in [9.17, 15) is 22.4 Å². The molecule has 1 aromatic heterocycles. The van der Waals surface area contributed by atoms with Gasteiger partial charge in [0, 0.05) is 38.4 Å². The third kappa shape index (κ3) is 6.42. The summed E-state index contributed by atoms with van der Waals surface area (Å²) in [6, 6.07) is 2.35. The van der Waals surface area contributed by atoms with E-state index in [4.69, 9.17) is 11.6 Å². The van der Waals surface area contributed by atoms with Gasteiger partial charge in [-0.05, 0) is 37.8 Å². The van der Waals surface area contributed by atoms with Crippen molar-refractivity contribution in [1.82, 2.24) is 30.0 Å². The fourth-order valence-electron chi connectivity index (χ4n) is 3.66. The van der Waals surface area contributed by atoms with Crippen LogP contribution in [0.4, 0.5) is 9.18 Å². The molecule has 10 nitrogen and oxygen atoms in total. The van der Waals surface area contributed by atoms with Crippen LogP contribution in [0.5, 0.6) is 0 Å². The third-order valence-corrected chi connectivity index (χ3v) is 6.78. The van der Waals surface area contributed by atoms with E-state index in [1.165, 1.54) is 12.1 Å². The average Bonchev–Trinajstić information content (AvgIpc) is 3.20. The van der Waals surface area contributed by atoms with Gasteiger partial charge in [-0.3, -0.25) is 10.2 Å². The molecule has 0 spiro atoms. The first kappa shape index (κ1) is 24.9. The number of imidazole rings is 1. The normalized spacial score (nSPS) is 16.5. The fourth-order valence-corrected chi connectivity index (χ4v) is 5.10. The van der Waals surface area contributed by atoms with Crippen molar-refractivity contribution in [3.8, 4) is 11.3 Å². The predicted molar refractivity (Wildman–Crippen MR) is 121 cm³/mol. The van der Waals surface area contributed by atoms with E-state index in [1.54, 1.807) is 36.0 Å². The van der Waals surface area contributed by atoms with Gasteiger partial charge in [0.25, 0.3) is 5.91 Å². The maximum absolute atomic E-state index is 14.5. The Bertz CT molecular complexity index is 1140. The van der Waals surface area contributed by atoms with Gasteiger partial charge in [0.15, 0.2) is 5.82 Å². The lowest BCUT2D eigenvalue weighted by Crippen LogP contribution is -2.49. The fraction of sp³-hybridized carbons (Fsp3) is 0.450. The number of amides is 3. The molecule has 0 radical (unpaired) electrons. The van der Waals surface area contributed by atoms with Crippen LogP contribution in [-0.4, -0.2) is 60.2 Å². The van der Waals surface area contributed by atoms with E-state index in [1.807, 2.05) is 10.3 Å². The first-order valence-electron chi connectivity index (χ1n) is 10.4. The van der Waals surface area contributed by atoms with Gasteiger partial charge < -0.3 is 14.8 Å². The molecule has 33 heavy (non-hydrogen) atoms. The van der Waals surface area contributed by atoms with E-state index in [0.29, 0.717) is 37.2 Å². The smallest absolute Gasteiger partial charge is 0.317 e. The number of carbonyl (C=O) groups is 2. The maximum atomic E-state index is 14.5. The van der Waals surface area contributed by atoms with Gasteiger partial charge in [-0.1, -0.05) is 11.6 Å². The first-order chi connectivity index (χ1) is 15.6. The van der Waals surface area contributed by atoms with Crippen molar-refractivity contribution in [2.45, 2.75) is 19.8 Å². The van der Waals surface area contributed by atoms with Gasteiger partial charge in [-0.2, -0.15) is 0 Å². The number of likely N-dealkylation sites (tertiary alicyclic amines) is 1. The van der Waals surface area contributed by atoms with E-state index in [2.05, 4.69) is 10.3 Å². The molecular formula is C20H26ClFN6O4S. The number of hydrogen-bond donors (Lipinski definition) is 3. The zero-order valence-electron chi connectivity index (χ0n) is 18.3. The number of nitrogens with one attached hydrogen (secondary N) is 3. The van der Waals surface area contributed by atoms with Crippen LogP contribution >= 0.6 is 11.6 Å². The van der Waals surface area contributed by atoms with Crippen LogP contribution in [0.25, 0.3) is 11.3 Å². The number of hydrazine groups is 1. The minimum atomic E-state index is -3.94. The number of aromatic nitrogens is 2. The number of benzene rings is 1. The van der Waals surface area contributed by atoms with Crippen molar-refractivity contribution < 1.29 is 22.4 Å². The molecule has 3 N–H and O–H groups in total. The highest BCUT2D eigenvalue weighted by Crippen LogP contribution is 2.27. The highest BCUT2D eigenvalue weighted by molar-refractivity contribution is 7.89. The monoisotopic (exact) mass is 500 g/mol. The number of urea groups is 1. The largest absolute Gasteiger partial charge is 0.340 e. The Balaban J connectivity index is 1.65. The molecule has 13 heteroatoms. The second-order valence-electron chi connectivity index (χ2n) is 7.87. The lowest BCUT2D eigenvalue weighted by atomic mass is 10.0. The van der Waals surface area contributed by atoms with E-state index in [-0.39, 0.29) is 29.3 Å². The number of hydrogen-bond acceptors (Lipinski definition) is 5. The van der Waals surface area contributed by atoms with Crippen LogP contribution < -0.4 is 15.6 Å². The molecule has 0 bridgehead atoms. The number of nitrogens with zero attached hydrogens (tertiary/aromatic N) is 3. The number of carbonyl (C=O) groups excluding carboxylic acids is 2.